The fourth-order valence-electron chi connectivity index (χ4n) is 2.53. The summed E-state index contributed by atoms with van der Waals surface area (Å²) < 4.78 is 1.53. The van der Waals surface area contributed by atoms with Crippen LogP contribution in [-0.4, -0.2) is 20.4 Å². The van der Waals surface area contributed by atoms with Crippen LogP contribution in [0, 0.1) is 13.8 Å². The highest BCUT2D eigenvalue weighted by molar-refractivity contribution is 5.76. The van der Waals surface area contributed by atoms with E-state index in [4.69, 9.17) is 0 Å². The molecule has 0 radical (unpaired) electrons. The summed E-state index contributed by atoms with van der Waals surface area (Å²) >= 11 is 0. The Balaban J connectivity index is 1.99. The average Bonchev–Trinajstić information content (AvgIpc) is 2.52. The zero-order chi connectivity index (χ0) is 16.8. The predicted octanol–water partition coefficient (Wildman–Crippen LogP) is 1.91. The number of carbonyl (C=O) groups is 1. The summed E-state index contributed by atoms with van der Waals surface area (Å²) in [5.41, 5.74) is 2.17. The minimum Gasteiger partial charge on any atom is -0.349 e. The predicted molar refractivity (Wildman–Crippen MR) is 88.0 cm³/mol. The van der Waals surface area contributed by atoms with Crippen LogP contribution in [-0.2, 0) is 11.3 Å². The number of rotatable bonds is 6. The van der Waals surface area contributed by atoms with Crippen molar-refractivity contribution < 1.29 is 4.79 Å². The van der Waals surface area contributed by atoms with E-state index in [2.05, 4.69) is 15.3 Å². The van der Waals surface area contributed by atoms with E-state index in [1.807, 2.05) is 32.0 Å². The second-order valence-electron chi connectivity index (χ2n) is 5.54. The molecule has 0 fully saturated rings. The van der Waals surface area contributed by atoms with Crippen LogP contribution in [0.5, 0.6) is 0 Å². The van der Waals surface area contributed by atoms with Crippen LogP contribution >= 0.6 is 0 Å². The molecule has 2 aromatic rings. The average molecular weight is 314 g/mol. The third-order valence-electron chi connectivity index (χ3n) is 3.74. The molecule has 0 saturated heterocycles. The molecule has 2 rings (SSSR count). The molecule has 0 saturated carbocycles. The normalized spacial score (nSPS) is 12.0. The lowest BCUT2D eigenvalue weighted by Gasteiger charge is -2.17. The maximum absolute atomic E-state index is 12.2. The third kappa shape index (κ3) is 4.48. The summed E-state index contributed by atoms with van der Waals surface area (Å²) in [6.45, 7) is 5.97. The molecule has 0 spiro atoms. The fraction of sp³-hybridized carbons (Fsp3) is 0.412. The van der Waals surface area contributed by atoms with E-state index in [9.17, 15) is 9.59 Å². The maximum Gasteiger partial charge on any atom is 0.347 e. The summed E-state index contributed by atoms with van der Waals surface area (Å²) in [5, 5.41) is 2.99. The molecule has 0 aromatic carbocycles. The Bertz CT molecular complexity index is 725. The molecule has 0 bridgehead atoms. The summed E-state index contributed by atoms with van der Waals surface area (Å²) in [5.74, 6) is -0.0902. The first-order valence-electron chi connectivity index (χ1n) is 7.75. The van der Waals surface area contributed by atoms with Gasteiger partial charge in [-0.15, -0.1) is 0 Å². The number of amides is 1. The molecule has 0 aliphatic carbocycles. The van der Waals surface area contributed by atoms with Crippen molar-refractivity contribution in [2.45, 2.75) is 46.2 Å². The van der Waals surface area contributed by atoms with Crippen LogP contribution < -0.4 is 11.0 Å². The van der Waals surface area contributed by atoms with Crippen molar-refractivity contribution in [3.05, 3.63) is 58.0 Å². The van der Waals surface area contributed by atoms with Gasteiger partial charge in [0.2, 0.25) is 5.91 Å². The molecule has 122 valence electrons. The van der Waals surface area contributed by atoms with Crippen molar-refractivity contribution in [3.63, 3.8) is 0 Å². The lowest BCUT2D eigenvalue weighted by Crippen LogP contribution is -2.32. The molecule has 6 heteroatoms. The number of nitrogens with one attached hydrogen (secondary N) is 1. The second kappa shape index (κ2) is 7.67. The van der Waals surface area contributed by atoms with Gasteiger partial charge < -0.3 is 5.32 Å². The van der Waals surface area contributed by atoms with Crippen molar-refractivity contribution in [2.75, 3.05) is 0 Å². The summed E-state index contributed by atoms with van der Waals surface area (Å²) in [6, 6.07) is 5.57. The number of carbonyl (C=O) groups excluding carboxylic acids is 1. The highest BCUT2D eigenvalue weighted by Crippen LogP contribution is 2.15. The molecule has 2 heterocycles. The molecule has 6 nitrogen and oxygen atoms in total. The standard InChI is InChI=1S/C17H22N4O2/c1-4-15(14-6-5-8-18-11-14)20-16(22)7-9-21-13(3)10-12(2)19-17(21)23/h5-6,8,10-11,15H,4,7,9H2,1-3H3,(H,20,22). The van der Waals surface area contributed by atoms with Crippen molar-refractivity contribution in [2.24, 2.45) is 0 Å². The van der Waals surface area contributed by atoms with E-state index in [1.165, 1.54) is 4.57 Å². The number of hydrogen-bond acceptors (Lipinski definition) is 4. The first-order chi connectivity index (χ1) is 11.0. The Labute approximate surface area is 135 Å². The summed E-state index contributed by atoms with van der Waals surface area (Å²) in [7, 11) is 0. The van der Waals surface area contributed by atoms with E-state index in [-0.39, 0.29) is 24.1 Å². The van der Waals surface area contributed by atoms with Crippen molar-refractivity contribution >= 4 is 5.91 Å². The van der Waals surface area contributed by atoms with Crippen LogP contribution in [0.1, 0.15) is 42.8 Å². The van der Waals surface area contributed by atoms with Gasteiger partial charge in [0.15, 0.2) is 0 Å². The topological polar surface area (TPSA) is 76.9 Å². The minimum atomic E-state index is -0.311. The van der Waals surface area contributed by atoms with Gasteiger partial charge in [-0.2, -0.15) is 4.98 Å². The van der Waals surface area contributed by atoms with Gasteiger partial charge >= 0.3 is 5.69 Å². The summed E-state index contributed by atoms with van der Waals surface area (Å²) in [4.78, 5) is 32.1. The Morgan fingerprint density at radius 3 is 2.78 bits per heavy atom. The van der Waals surface area contributed by atoms with Crippen LogP contribution in [0.4, 0.5) is 0 Å². The lowest BCUT2D eigenvalue weighted by molar-refractivity contribution is -0.122. The van der Waals surface area contributed by atoms with E-state index in [1.54, 1.807) is 19.3 Å². The number of hydrogen-bond donors (Lipinski definition) is 1. The van der Waals surface area contributed by atoms with E-state index in [0.29, 0.717) is 12.2 Å². The van der Waals surface area contributed by atoms with Gasteiger partial charge in [-0.3, -0.25) is 14.3 Å². The molecule has 23 heavy (non-hydrogen) atoms. The minimum absolute atomic E-state index is 0.0647. The molecule has 0 aliphatic heterocycles. The fourth-order valence-corrected chi connectivity index (χ4v) is 2.53. The van der Waals surface area contributed by atoms with Crippen LogP contribution in [0.25, 0.3) is 0 Å². The summed E-state index contributed by atoms with van der Waals surface area (Å²) in [6.07, 6.45) is 4.48. The number of nitrogens with zero attached hydrogens (tertiary/aromatic N) is 3. The highest BCUT2D eigenvalue weighted by Gasteiger charge is 2.13. The first kappa shape index (κ1) is 16.9. The zero-order valence-electron chi connectivity index (χ0n) is 13.7. The Hall–Kier alpha value is -2.50. The molecule has 0 aliphatic rings. The van der Waals surface area contributed by atoms with Gasteiger partial charge in [0.25, 0.3) is 0 Å². The second-order valence-corrected chi connectivity index (χ2v) is 5.54. The first-order valence-corrected chi connectivity index (χ1v) is 7.75. The van der Waals surface area contributed by atoms with Crippen molar-refractivity contribution in [1.82, 2.24) is 19.9 Å². The van der Waals surface area contributed by atoms with Crippen LogP contribution in [0.2, 0.25) is 0 Å². The Morgan fingerprint density at radius 1 is 1.39 bits per heavy atom. The zero-order valence-corrected chi connectivity index (χ0v) is 13.7. The lowest BCUT2D eigenvalue weighted by atomic mass is 10.1. The SMILES string of the molecule is CCC(NC(=O)CCn1c(C)cc(C)nc1=O)c1cccnc1. The molecular weight excluding hydrogens is 292 g/mol. The van der Waals surface area contributed by atoms with Crippen molar-refractivity contribution in [3.8, 4) is 0 Å². The quantitative estimate of drug-likeness (QED) is 0.883. The maximum atomic E-state index is 12.2. The van der Waals surface area contributed by atoms with Crippen molar-refractivity contribution in [1.29, 1.82) is 0 Å². The number of aromatic nitrogens is 3. The van der Waals surface area contributed by atoms with Crippen LogP contribution in [0.3, 0.4) is 0 Å². The van der Waals surface area contributed by atoms with E-state index < -0.39 is 0 Å². The van der Waals surface area contributed by atoms with Crippen LogP contribution in [0.15, 0.2) is 35.4 Å². The Morgan fingerprint density at radius 2 is 2.17 bits per heavy atom. The van der Waals surface area contributed by atoms with Gasteiger partial charge in [0.1, 0.15) is 0 Å². The van der Waals surface area contributed by atoms with Gasteiger partial charge in [-0.05, 0) is 38.0 Å². The molecule has 1 unspecified atom stereocenters. The Kier molecular flexibility index (Phi) is 5.62. The molecule has 2 aromatic heterocycles. The largest absolute Gasteiger partial charge is 0.349 e. The molecular formula is C17H22N4O2. The van der Waals surface area contributed by atoms with Gasteiger partial charge in [-0.1, -0.05) is 13.0 Å². The number of pyridine rings is 1. The smallest absolute Gasteiger partial charge is 0.347 e. The van der Waals surface area contributed by atoms with Gasteiger partial charge in [0.05, 0.1) is 6.04 Å². The molecule has 1 N–H and O–H groups in total. The molecule has 1 amide bonds. The number of aryl methyl sites for hydroxylation is 2. The van der Waals surface area contributed by atoms with Gasteiger partial charge in [-0.25, -0.2) is 4.79 Å². The van der Waals surface area contributed by atoms with E-state index in [0.717, 1.165) is 17.7 Å². The monoisotopic (exact) mass is 314 g/mol. The third-order valence-corrected chi connectivity index (χ3v) is 3.74. The van der Waals surface area contributed by atoms with Gasteiger partial charge in [0, 0.05) is 36.7 Å². The highest BCUT2D eigenvalue weighted by atomic mass is 16.2. The molecule has 1 atom stereocenters. The van der Waals surface area contributed by atoms with E-state index >= 15 is 0 Å².